The molecule has 4 aliphatic rings. The van der Waals surface area contributed by atoms with Gasteiger partial charge in [-0.15, -0.1) is 0 Å². The number of likely N-dealkylation sites (tertiary alicyclic amines) is 1. The Morgan fingerprint density at radius 1 is 1.08 bits per heavy atom. The van der Waals surface area contributed by atoms with Crippen molar-refractivity contribution in [2.75, 3.05) is 58.7 Å². The van der Waals surface area contributed by atoms with Gasteiger partial charge in [0.25, 0.3) is 11.5 Å². The Morgan fingerprint density at radius 3 is 2.48 bits per heavy atom. The first-order valence-electron chi connectivity index (χ1n) is 17.4. The maximum absolute atomic E-state index is 13.5. The van der Waals surface area contributed by atoms with Crippen LogP contribution in [0.4, 0.5) is 4.79 Å². The van der Waals surface area contributed by atoms with E-state index in [-0.39, 0.29) is 59.5 Å². The normalized spacial score (nSPS) is 26.7. The first-order valence-corrected chi connectivity index (χ1v) is 19.0. The Morgan fingerprint density at radius 2 is 1.81 bits per heavy atom. The summed E-state index contributed by atoms with van der Waals surface area (Å²) in [4.78, 5) is 45.6. The molecule has 3 unspecified atom stereocenters. The Kier molecular flexibility index (Phi) is 10.5. The lowest BCUT2D eigenvalue weighted by Gasteiger charge is -2.40. The number of pyridine rings is 1. The zero-order chi connectivity index (χ0) is 34.2. The lowest BCUT2D eigenvalue weighted by atomic mass is 9.96. The van der Waals surface area contributed by atoms with E-state index in [4.69, 9.17) is 4.74 Å². The predicted octanol–water partition coefficient (Wildman–Crippen LogP) is 1.85. The third-order valence-electron chi connectivity index (χ3n) is 10.7. The Balaban J connectivity index is 1.02. The van der Waals surface area contributed by atoms with Crippen molar-refractivity contribution in [3.05, 3.63) is 46.2 Å². The number of hydrogen-bond acceptors (Lipinski definition) is 9. The Hall–Kier alpha value is -3.04. The summed E-state index contributed by atoms with van der Waals surface area (Å²) < 4.78 is 33.1. The topological polar surface area (TPSA) is 145 Å². The van der Waals surface area contributed by atoms with Crippen molar-refractivity contribution < 1.29 is 27.9 Å². The highest BCUT2D eigenvalue weighted by Gasteiger charge is 2.42. The maximum atomic E-state index is 13.5. The minimum Gasteiger partial charge on any atom is -0.453 e. The van der Waals surface area contributed by atoms with E-state index in [0.29, 0.717) is 39.1 Å². The van der Waals surface area contributed by atoms with Crippen molar-refractivity contribution in [3.63, 3.8) is 0 Å². The number of nitrogens with one attached hydrogen (secondary N) is 1. The molecule has 0 saturated carbocycles. The molecule has 4 fully saturated rings. The number of nitrogens with zero attached hydrogens (tertiary/aromatic N) is 5. The van der Waals surface area contributed by atoms with Crippen LogP contribution in [0, 0.1) is 0 Å². The summed E-state index contributed by atoms with van der Waals surface area (Å²) in [6.45, 7) is 7.34. The summed E-state index contributed by atoms with van der Waals surface area (Å²) in [5.74, 6) is -0.129. The molecule has 1 aromatic heterocycles. The van der Waals surface area contributed by atoms with E-state index in [1.54, 1.807) is 14.9 Å². The third-order valence-corrected chi connectivity index (χ3v) is 12.7. The van der Waals surface area contributed by atoms with Gasteiger partial charge in [0.05, 0.1) is 31.0 Å². The number of aliphatic hydroxyl groups excluding tert-OH is 1. The number of carbonyl (C=O) groups excluding carboxylic acids is 2. The van der Waals surface area contributed by atoms with Crippen molar-refractivity contribution in [1.82, 2.24) is 28.9 Å². The number of fused-ring (bicyclic) bond motifs is 3. The van der Waals surface area contributed by atoms with Crippen LogP contribution in [0.3, 0.4) is 0 Å². The van der Waals surface area contributed by atoms with E-state index < -0.39 is 22.2 Å². The molecular formula is C34H50N6O7S. The van der Waals surface area contributed by atoms with E-state index in [2.05, 4.69) is 15.1 Å². The van der Waals surface area contributed by atoms with Crippen molar-refractivity contribution in [2.24, 2.45) is 0 Å². The summed E-state index contributed by atoms with van der Waals surface area (Å²) in [6.07, 6.45) is 3.54. The van der Waals surface area contributed by atoms with Gasteiger partial charge in [0.15, 0.2) is 0 Å². The minimum atomic E-state index is -3.16. The summed E-state index contributed by atoms with van der Waals surface area (Å²) in [5, 5.41) is 15.2. The van der Waals surface area contributed by atoms with Gasteiger partial charge in [-0.05, 0) is 76.4 Å². The van der Waals surface area contributed by atoms with Gasteiger partial charge >= 0.3 is 6.09 Å². The zero-order valence-electron chi connectivity index (χ0n) is 28.3. The lowest BCUT2D eigenvalue weighted by molar-refractivity contribution is 0.0301. The highest BCUT2D eigenvalue weighted by Crippen LogP contribution is 2.36. The Labute approximate surface area is 282 Å². The number of rotatable bonds is 11. The first-order chi connectivity index (χ1) is 22.9. The van der Waals surface area contributed by atoms with E-state index in [1.165, 1.54) is 12.0 Å². The van der Waals surface area contributed by atoms with Crippen molar-refractivity contribution >= 4 is 32.9 Å². The number of aliphatic hydroxyl groups is 1. The van der Waals surface area contributed by atoms with Crippen molar-refractivity contribution in [1.29, 1.82) is 0 Å². The van der Waals surface area contributed by atoms with Crippen LogP contribution in [0.5, 0.6) is 0 Å². The molecule has 6 rings (SSSR count). The third kappa shape index (κ3) is 7.28. The van der Waals surface area contributed by atoms with Crippen molar-refractivity contribution in [2.45, 2.75) is 88.7 Å². The van der Waals surface area contributed by atoms with Crippen LogP contribution in [0.25, 0.3) is 10.9 Å². The summed E-state index contributed by atoms with van der Waals surface area (Å²) >= 11 is 0. The number of aromatic nitrogens is 1. The fourth-order valence-corrected chi connectivity index (χ4v) is 10.2. The summed E-state index contributed by atoms with van der Waals surface area (Å²) in [5.41, 5.74) is 0.676. The number of benzene rings is 1. The molecule has 5 heterocycles. The second-order valence-corrected chi connectivity index (χ2v) is 16.2. The van der Waals surface area contributed by atoms with Crippen LogP contribution >= 0.6 is 0 Å². The van der Waals surface area contributed by atoms with Crippen LogP contribution in [-0.4, -0.2) is 138 Å². The fraction of sp³-hybridized carbons (Fsp3) is 0.676. The minimum absolute atomic E-state index is 0.0239. The molecule has 0 aliphatic carbocycles. The van der Waals surface area contributed by atoms with Gasteiger partial charge in [0.2, 0.25) is 10.0 Å². The van der Waals surface area contributed by atoms with E-state index >= 15 is 0 Å². The number of carbonyl (C=O) groups is 2. The molecule has 2 N–H and O–H groups in total. The highest BCUT2D eigenvalue weighted by molar-refractivity contribution is 7.89. The second kappa shape index (κ2) is 14.4. The van der Waals surface area contributed by atoms with E-state index in [0.717, 1.165) is 49.6 Å². The largest absolute Gasteiger partial charge is 0.453 e. The molecule has 2 aromatic rings. The molecule has 14 heteroatoms. The molecule has 5 atom stereocenters. The number of hydrogen-bond donors (Lipinski definition) is 2. The molecule has 4 saturated heterocycles. The van der Waals surface area contributed by atoms with Gasteiger partial charge < -0.3 is 24.6 Å². The van der Waals surface area contributed by atoms with Gasteiger partial charge in [-0.2, -0.15) is 4.31 Å². The maximum Gasteiger partial charge on any atom is 0.409 e. The molecule has 264 valence electrons. The number of para-hydroxylation sites is 1. The molecule has 4 aliphatic heterocycles. The van der Waals surface area contributed by atoms with Gasteiger partial charge in [0.1, 0.15) is 5.56 Å². The number of amides is 2. The molecule has 0 radical (unpaired) electrons. The fourth-order valence-electron chi connectivity index (χ4n) is 8.44. The van der Waals surface area contributed by atoms with E-state index in [9.17, 15) is 27.9 Å². The highest BCUT2D eigenvalue weighted by atomic mass is 32.2. The molecular weight excluding hydrogens is 636 g/mol. The average Bonchev–Trinajstić information content (AvgIpc) is 3.72. The van der Waals surface area contributed by atoms with Gasteiger partial charge in [0, 0.05) is 62.9 Å². The standard InChI is InChI=1S/C34H50N6O7S/c1-23(2)40-31-8-5-4-7-24(31)17-30(33(40)43)32(42)35-25-18-26-9-10-27(19-25)38(26)22-29(41)21-37(34(44)47-3)15-14-36-13-11-28(20-36)39-12-6-16-48(39,45)46/h4-5,7-8,17,23,25-29,41H,6,9-16,18-22H2,1-3H3,(H,35,42)/t25?,26-,27+,28?,29?. The van der Waals surface area contributed by atoms with Crippen LogP contribution in [-0.2, 0) is 14.8 Å². The Bertz CT molecular complexity index is 1650. The molecule has 1 aromatic carbocycles. The monoisotopic (exact) mass is 686 g/mol. The lowest BCUT2D eigenvalue weighted by Crippen LogP contribution is -2.54. The molecule has 13 nitrogen and oxygen atoms in total. The summed E-state index contributed by atoms with van der Waals surface area (Å²) in [7, 11) is -1.83. The second-order valence-electron chi connectivity index (χ2n) is 14.2. The SMILES string of the molecule is COC(=O)N(CCN1CCC(N2CCCS2(=O)=O)C1)CC(O)CN1[C@@H]2CC[C@H]1CC(NC(=O)c1cc3ccccc3n(C(C)C)c1=O)C2. The van der Waals surface area contributed by atoms with Gasteiger partial charge in [-0.25, -0.2) is 13.2 Å². The van der Waals surface area contributed by atoms with Crippen LogP contribution in [0.15, 0.2) is 35.1 Å². The van der Waals surface area contributed by atoms with E-state index in [1.807, 2.05) is 38.1 Å². The van der Waals surface area contributed by atoms with Crippen LogP contribution in [0.1, 0.15) is 68.8 Å². The summed E-state index contributed by atoms with van der Waals surface area (Å²) in [6, 6.07) is 9.48. The van der Waals surface area contributed by atoms with Gasteiger partial charge in [-0.1, -0.05) is 18.2 Å². The molecule has 2 amide bonds. The number of sulfonamides is 1. The van der Waals surface area contributed by atoms with Gasteiger partial charge in [-0.3, -0.25) is 19.4 Å². The van der Waals surface area contributed by atoms with Crippen molar-refractivity contribution in [3.8, 4) is 0 Å². The first kappa shape index (κ1) is 34.8. The number of ether oxygens (including phenoxy) is 1. The van der Waals surface area contributed by atoms with Crippen LogP contribution < -0.4 is 10.9 Å². The number of methoxy groups -OCH3 is 1. The predicted molar refractivity (Wildman–Crippen MR) is 183 cm³/mol. The number of piperidine rings is 1. The zero-order valence-corrected chi connectivity index (χ0v) is 29.1. The quantitative estimate of drug-likeness (QED) is 0.362. The molecule has 48 heavy (non-hydrogen) atoms. The average molecular weight is 687 g/mol. The smallest absolute Gasteiger partial charge is 0.409 e. The van der Waals surface area contributed by atoms with Crippen LogP contribution in [0.2, 0.25) is 0 Å². The molecule has 2 bridgehead atoms. The molecule has 0 spiro atoms.